The van der Waals surface area contributed by atoms with Crippen LogP contribution in [0.3, 0.4) is 0 Å². The lowest BCUT2D eigenvalue weighted by atomic mass is 10.3. The molecule has 0 bridgehead atoms. The number of nitrogens with two attached hydrogens (primary N) is 1. The molecule has 0 amide bonds. The molecule has 18 heavy (non-hydrogen) atoms. The second kappa shape index (κ2) is 6.72. The van der Waals surface area contributed by atoms with E-state index >= 15 is 0 Å². The molecule has 0 heterocycles. The van der Waals surface area contributed by atoms with Crippen molar-refractivity contribution >= 4 is 10.0 Å². The van der Waals surface area contributed by atoms with E-state index in [1.54, 1.807) is 24.3 Å². The van der Waals surface area contributed by atoms with Crippen molar-refractivity contribution in [1.29, 1.82) is 0 Å². The van der Waals surface area contributed by atoms with Crippen molar-refractivity contribution in [3.8, 4) is 5.75 Å². The first-order valence-corrected chi connectivity index (χ1v) is 7.43. The van der Waals surface area contributed by atoms with Crippen molar-refractivity contribution in [2.24, 2.45) is 5.73 Å². The zero-order valence-electron chi connectivity index (χ0n) is 10.8. The van der Waals surface area contributed by atoms with E-state index < -0.39 is 10.0 Å². The molecule has 1 rings (SSSR count). The van der Waals surface area contributed by atoms with E-state index in [0.717, 1.165) is 0 Å². The van der Waals surface area contributed by atoms with E-state index in [9.17, 15) is 8.42 Å². The Balaban J connectivity index is 2.90. The van der Waals surface area contributed by atoms with Gasteiger partial charge in [0, 0.05) is 19.6 Å². The third-order valence-electron chi connectivity index (χ3n) is 2.55. The number of hydrogen-bond acceptors (Lipinski definition) is 4. The van der Waals surface area contributed by atoms with Gasteiger partial charge >= 0.3 is 0 Å². The summed E-state index contributed by atoms with van der Waals surface area (Å²) in [5.41, 5.74) is 5.32. The standard InChI is InChI=1S/C12H20N2O3S/c1-3-14(4-2)18(15,16)12-7-5-11(6-8-12)17-10-9-13/h5-8H,3-4,9-10,13H2,1-2H3. The third-order valence-corrected chi connectivity index (χ3v) is 4.62. The summed E-state index contributed by atoms with van der Waals surface area (Å²) >= 11 is 0. The number of hydrogen-bond donors (Lipinski definition) is 1. The van der Waals surface area contributed by atoms with E-state index in [2.05, 4.69) is 0 Å². The molecule has 2 N–H and O–H groups in total. The summed E-state index contributed by atoms with van der Waals surface area (Å²) in [5.74, 6) is 0.624. The summed E-state index contributed by atoms with van der Waals surface area (Å²) < 4.78 is 31.1. The van der Waals surface area contributed by atoms with Gasteiger partial charge in [-0.2, -0.15) is 4.31 Å². The SMILES string of the molecule is CCN(CC)S(=O)(=O)c1ccc(OCCN)cc1. The van der Waals surface area contributed by atoms with Crippen molar-refractivity contribution in [3.63, 3.8) is 0 Å². The highest BCUT2D eigenvalue weighted by Gasteiger charge is 2.21. The van der Waals surface area contributed by atoms with E-state index in [-0.39, 0.29) is 4.90 Å². The zero-order valence-corrected chi connectivity index (χ0v) is 11.6. The monoisotopic (exact) mass is 272 g/mol. The lowest BCUT2D eigenvalue weighted by Gasteiger charge is -2.18. The van der Waals surface area contributed by atoms with Gasteiger partial charge in [0.15, 0.2) is 0 Å². The maximum atomic E-state index is 12.2. The van der Waals surface area contributed by atoms with Gasteiger partial charge in [0.25, 0.3) is 0 Å². The Kier molecular flexibility index (Phi) is 5.58. The van der Waals surface area contributed by atoms with Gasteiger partial charge in [0.2, 0.25) is 10.0 Å². The lowest BCUT2D eigenvalue weighted by molar-refractivity contribution is 0.328. The van der Waals surface area contributed by atoms with Crippen LogP contribution in [0.1, 0.15) is 13.8 Å². The van der Waals surface area contributed by atoms with Crippen molar-refractivity contribution < 1.29 is 13.2 Å². The fraction of sp³-hybridized carbons (Fsp3) is 0.500. The minimum Gasteiger partial charge on any atom is -0.492 e. The summed E-state index contributed by atoms with van der Waals surface area (Å²) in [6.45, 7) is 5.41. The molecule has 102 valence electrons. The highest BCUT2D eigenvalue weighted by molar-refractivity contribution is 7.89. The van der Waals surface area contributed by atoms with Crippen molar-refractivity contribution in [2.75, 3.05) is 26.2 Å². The normalized spacial score (nSPS) is 11.8. The van der Waals surface area contributed by atoms with E-state index in [0.29, 0.717) is 32.0 Å². The van der Waals surface area contributed by atoms with Gasteiger partial charge in [-0.3, -0.25) is 0 Å². The van der Waals surface area contributed by atoms with Gasteiger partial charge in [-0.15, -0.1) is 0 Å². The average Bonchev–Trinajstić information content (AvgIpc) is 2.38. The molecule has 0 aliphatic rings. The topological polar surface area (TPSA) is 72.6 Å². The number of sulfonamides is 1. The molecule has 5 nitrogen and oxygen atoms in total. The molecule has 0 spiro atoms. The van der Waals surface area contributed by atoms with Crippen LogP contribution in [0.25, 0.3) is 0 Å². The molecule has 0 aliphatic carbocycles. The first-order valence-electron chi connectivity index (χ1n) is 5.99. The summed E-state index contributed by atoms with van der Waals surface area (Å²) in [7, 11) is -3.39. The van der Waals surface area contributed by atoms with Gasteiger partial charge < -0.3 is 10.5 Å². The Morgan fingerprint density at radius 2 is 1.72 bits per heavy atom. The zero-order chi connectivity index (χ0) is 13.6. The van der Waals surface area contributed by atoms with E-state index in [4.69, 9.17) is 10.5 Å². The Hall–Kier alpha value is -1.11. The maximum Gasteiger partial charge on any atom is 0.243 e. The highest BCUT2D eigenvalue weighted by atomic mass is 32.2. The van der Waals surface area contributed by atoms with Gasteiger partial charge in [-0.25, -0.2) is 8.42 Å². The molecule has 0 unspecified atom stereocenters. The van der Waals surface area contributed by atoms with Crippen molar-refractivity contribution in [1.82, 2.24) is 4.31 Å². The van der Waals surface area contributed by atoms with Crippen LogP contribution in [0.2, 0.25) is 0 Å². The molecular formula is C12H20N2O3S. The maximum absolute atomic E-state index is 12.2. The highest BCUT2D eigenvalue weighted by Crippen LogP contribution is 2.19. The fourth-order valence-corrected chi connectivity index (χ4v) is 3.06. The van der Waals surface area contributed by atoms with Crippen LogP contribution >= 0.6 is 0 Å². The van der Waals surface area contributed by atoms with Crippen LogP contribution in [-0.4, -0.2) is 39.0 Å². The Labute approximate surface area is 109 Å². The summed E-state index contributed by atoms with van der Waals surface area (Å²) in [6.07, 6.45) is 0. The van der Waals surface area contributed by atoms with E-state index in [1.165, 1.54) is 4.31 Å². The molecule has 6 heteroatoms. The second-order valence-corrected chi connectivity index (χ2v) is 5.64. The predicted octanol–water partition coefficient (Wildman–Crippen LogP) is 1.05. The Morgan fingerprint density at radius 1 is 1.17 bits per heavy atom. The molecule has 1 aromatic rings. The van der Waals surface area contributed by atoms with Crippen molar-refractivity contribution in [2.45, 2.75) is 18.7 Å². The summed E-state index contributed by atoms with van der Waals surface area (Å²) in [4.78, 5) is 0.284. The minimum absolute atomic E-state index is 0.284. The molecule has 1 aromatic carbocycles. The lowest BCUT2D eigenvalue weighted by Crippen LogP contribution is -2.30. The Bertz CT molecular complexity index is 453. The summed E-state index contributed by atoms with van der Waals surface area (Å²) in [5, 5.41) is 0. The second-order valence-electron chi connectivity index (χ2n) is 3.70. The first kappa shape index (κ1) is 14.9. The largest absolute Gasteiger partial charge is 0.492 e. The van der Waals surface area contributed by atoms with Gasteiger partial charge in [-0.1, -0.05) is 13.8 Å². The smallest absolute Gasteiger partial charge is 0.243 e. The van der Waals surface area contributed by atoms with Crippen LogP contribution in [0.4, 0.5) is 0 Å². The van der Waals surface area contributed by atoms with Gasteiger partial charge in [-0.05, 0) is 24.3 Å². The molecular weight excluding hydrogens is 252 g/mol. The van der Waals surface area contributed by atoms with Crippen LogP contribution in [0.5, 0.6) is 5.75 Å². The average molecular weight is 272 g/mol. The third kappa shape index (κ3) is 3.44. The number of rotatable bonds is 7. The molecule has 0 atom stereocenters. The molecule has 0 aromatic heterocycles. The predicted molar refractivity (Wildman–Crippen MR) is 71.1 cm³/mol. The molecule has 0 aliphatic heterocycles. The van der Waals surface area contributed by atoms with Crippen LogP contribution in [0.15, 0.2) is 29.2 Å². The van der Waals surface area contributed by atoms with Gasteiger partial charge in [0.1, 0.15) is 12.4 Å². The van der Waals surface area contributed by atoms with Gasteiger partial charge in [0.05, 0.1) is 4.90 Å². The minimum atomic E-state index is -3.39. The van der Waals surface area contributed by atoms with Crippen molar-refractivity contribution in [3.05, 3.63) is 24.3 Å². The number of nitrogens with zero attached hydrogens (tertiary/aromatic N) is 1. The fourth-order valence-electron chi connectivity index (χ4n) is 1.60. The molecule has 0 saturated heterocycles. The van der Waals surface area contributed by atoms with Crippen LogP contribution in [0, 0.1) is 0 Å². The molecule has 0 radical (unpaired) electrons. The first-order chi connectivity index (χ1) is 8.56. The molecule has 0 fully saturated rings. The summed E-state index contributed by atoms with van der Waals surface area (Å²) in [6, 6.07) is 6.40. The van der Waals surface area contributed by atoms with E-state index in [1.807, 2.05) is 13.8 Å². The van der Waals surface area contributed by atoms with Crippen LogP contribution in [-0.2, 0) is 10.0 Å². The van der Waals surface area contributed by atoms with Crippen LogP contribution < -0.4 is 10.5 Å². The molecule has 0 saturated carbocycles. The Morgan fingerprint density at radius 3 is 2.17 bits per heavy atom. The number of benzene rings is 1. The quantitative estimate of drug-likeness (QED) is 0.805. The number of ether oxygens (including phenoxy) is 1.